The van der Waals surface area contributed by atoms with Crippen LogP contribution in [0.3, 0.4) is 0 Å². The van der Waals surface area contributed by atoms with E-state index < -0.39 is 0 Å². The first-order chi connectivity index (χ1) is 9.00. The quantitative estimate of drug-likeness (QED) is 0.798. The van der Waals surface area contributed by atoms with Crippen LogP contribution in [0.1, 0.15) is 46.0 Å². The van der Waals surface area contributed by atoms with Crippen LogP contribution in [0.15, 0.2) is 0 Å². The molecule has 1 amide bonds. The molecule has 2 N–H and O–H groups in total. The van der Waals surface area contributed by atoms with E-state index in [1.807, 2.05) is 0 Å². The molecule has 1 saturated heterocycles. The zero-order valence-electron chi connectivity index (χ0n) is 12.6. The van der Waals surface area contributed by atoms with Gasteiger partial charge in [-0.25, -0.2) is 0 Å². The molecule has 110 valence electrons. The Morgan fingerprint density at radius 2 is 2.16 bits per heavy atom. The first kappa shape index (κ1) is 14.8. The molecule has 0 aromatic heterocycles. The van der Waals surface area contributed by atoms with Crippen LogP contribution in [-0.4, -0.2) is 38.3 Å². The van der Waals surface area contributed by atoms with E-state index in [2.05, 4.69) is 24.5 Å². The monoisotopic (exact) mass is 268 g/mol. The number of ether oxygens (including phenoxy) is 1. The number of nitrogens with one attached hydrogen (secondary N) is 2. The fourth-order valence-electron chi connectivity index (χ4n) is 3.15. The van der Waals surface area contributed by atoms with Crippen LogP contribution >= 0.6 is 0 Å². The summed E-state index contributed by atoms with van der Waals surface area (Å²) in [7, 11) is 1.75. The summed E-state index contributed by atoms with van der Waals surface area (Å²) in [4.78, 5) is 12.5. The molecular weight excluding hydrogens is 240 g/mol. The van der Waals surface area contributed by atoms with Crippen molar-refractivity contribution >= 4 is 5.91 Å². The minimum absolute atomic E-state index is 0.0868. The molecule has 0 bridgehead atoms. The molecule has 1 heterocycles. The lowest BCUT2D eigenvalue weighted by atomic mass is 9.74. The first-order valence-electron chi connectivity index (χ1n) is 7.54. The van der Waals surface area contributed by atoms with Crippen molar-refractivity contribution < 1.29 is 9.53 Å². The summed E-state index contributed by atoms with van der Waals surface area (Å²) in [5.74, 6) is 0.602. The normalized spacial score (nSPS) is 26.6. The molecule has 1 unspecified atom stereocenters. The molecule has 0 radical (unpaired) electrons. The Bertz CT molecular complexity index is 313. The average Bonchev–Trinajstić information content (AvgIpc) is 2.38. The van der Waals surface area contributed by atoms with Crippen LogP contribution in [0.25, 0.3) is 0 Å². The molecule has 0 aromatic rings. The molecule has 2 fully saturated rings. The molecule has 1 atom stereocenters. The zero-order chi connectivity index (χ0) is 13.9. The lowest BCUT2D eigenvalue weighted by molar-refractivity contribution is -0.136. The van der Waals surface area contributed by atoms with Gasteiger partial charge in [0.2, 0.25) is 5.91 Å². The molecule has 19 heavy (non-hydrogen) atoms. The van der Waals surface area contributed by atoms with Gasteiger partial charge in [-0.3, -0.25) is 4.79 Å². The van der Waals surface area contributed by atoms with Crippen molar-refractivity contribution in [2.24, 2.45) is 11.3 Å². The van der Waals surface area contributed by atoms with Crippen molar-refractivity contribution in [1.82, 2.24) is 10.6 Å². The molecule has 1 aliphatic heterocycles. The molecule has 2 rings (SSSR count). The number of rotatable bonds is 5. The Kier molecular flexibility index (Phi) is 4.51. The minimum atomic E-state index is -0.300. The van der Waals surface area contributed by atoms with E-state index in [0.717, 1.165) is 32.4 Å². The van der Waals surface area contributed by atoms with Crippen molar-refractivity contribution in [3.63, 3.8) is 0 Å². The van der Waals surface area contributed by atoms with Gasteiger partial charge >= 0.3 is 0 Å². The maximum Gasteiger partial charge on any atom is 0.226 e. The predicted molar refractivity (Wildman–Crippen MR) is 76.0 cm³/mol. The Balaban J connectivity index is 1.87. The van der Waals surface area contributed by atoms with E-state index in [1.165, 1.54) is 12.8 Å². The van der Waals surface area contributed by atoms with Gasteiger partial charge in [0.15, 0.2) is 0 Å². The SMILES string of the molecule is COC1(CNC(=O)C(C)(C)C2CCCNC2)CCC1. The summed E-state index contributed by atoms with van der Waals surface area (Å²) in [5, 5.41) is 6.52. The van der Waals surface area contributed by atoms with Gasteiger partial charge in [0.25, 0.3) is 0 Å². The number of hydrogen-bond acceptors (Lipinski definition) is 3. The average molecular weight is 268 g/mol. The molecule has 2 aliphatic rings. The van der Waals surface area contributed by atoms with Gasteiger partial charge < -0.3 is 15.4 Å². The lowest BCUT2D eigenvalue weighted by Crippen LogP contribution is -2.53. The first-order valence-corrected chi connectivity index (χ1v) is 7.54. The third-order valence-electron chi connectivity index (χ3n) is 5.17. The number of methoxy groups -OCH3 is 1. The second-order valence-corrected chi connectivity index (χ2v) is 6.69. The molecule has 0 aromatic carbocycles. The van der Waals surface area contributed by atoms with Gasteiger partial charge in [-0.1, -0.05) is 13.8 Å². The highest BCUT2D eigenvalue weighted by atomic mass is 16.5. The lowest BCUT2D eigenvalue weighted by Gasteiger charge is -2.42. The number of hydrogen-bond donors (Lipinski definition) is 2. The van der Waals surface area contributed by atoms with E-state index in [9.17, 15) is 4.79 Å². The summed E-state index contributed by atoms with van der Waals surface area (Å²) in [6.45, 7) is 6.84. The Hall–Kier alpha value is -0.610. The number of carbonyl (C=O) groups excluding carboxylic acids is 1. The summed E-state index contributed by atoms with van der Waals surface area (Å²) < 4.78 is 5.56. The smallest absolute Gasteiger partial charge is 0.226 e. The van der Waals surface area contributed by atoms with Crippen molar-refractivity contribution in [2.45, 2.75) is 51.6 Å². The van der Waals surface area contributed by atoms with Crippen LogP contribution in [0.4, 0.5) is 0 Å². The van der Waals surface area contributed by atoms with E-state index in [4.69, 9.17) is 4.74 Å². The highest BCUT2D eigenvalue weighted by Gasteiger charge is 2.41. The Morgan fingerprint density at radius 1 is 1.42 bits per heavy atom. The van der Waals surface area contributed by atoms with Crippen LogP contribution in [0.5, 0.6) is 0 Å². The highest BCUT2D eigenvalue weighted by molar-refractivity contribution is 5.82. The van der Waals surface area contributed by atoms with Crippen molar-refractivity contribution in [1.29, 1.82) is 0 Å². The third kappa shape index (κ3) is 3.11. The number of carbonyl (C=O) groups is 1. The molecule has 1 aliphatic carbocycles. The third-order valence-corrected chi connectivity index (χ3v) is 5.17. The van der Waals surface area contributed by atoms with E-state index in [0.29, 0.717) is 12.5 Å². The van der Waals surface area contributed by atoms with Crippen molar-refractivity contribution in [2.75, 3.05) is 26.7 Å². The van der Waals surface area contributed by atoms with Gasteiger partial charge in [0, 0.05) is 19.1 Å². The molecule has 1 saturated carbocycles. The van der Waals surface area contributed by atoms with Crippen molar-refractivity contribution in [3.8, 4) is 0 Å². The second-order valence-electron chi connectivity index (χ2n) is 6.69. The molecule has 4 heteroatoms. The molecule has 0 spiro atoms. The maximum atomic E-state index is 12.5. The maximum absolute atomic E-state index is 12.5. The van der Waals surface area contributed by atoms with Gasteiger partial charge in [0.05, 0.1) is 5.60 Å². The van der Waals surface area contributed by atoms with Gasteiger partial charge in [0.1, 0.15) is 0 Å². The zero-order valence-corrected chi connectivity index (χ0v) is 12.6. The van der Waals surface area contributed by atoms with Gasteiger partial charge in [-0.05, 0) is 51.1 Å². The standard InChI is InChI=1S/C15H28N2O2/c1-14(2,12-6-4-9-16-10-12)13(18)17-11-15(19-3)7-5-8-15/h12,16H,4-11H2,1-3H3,(H,17,18). The Morgan fingerprint density at radius 3 is 2.63 bits per heavy atom. The van der Waals surface area contributed by atoms with E-state index in [1.54, 1.807) is 7.11 Å². The minimum Gasteiger partial charge on any atom is -0.376 e. The Labute approximate surface area is 116 Å². The summed E-state index contributed by atoms with van der Waals surface area (Å²) in [6.07, 6.45) is 5.65. The summed E-state index contributed by atoms with van der Waals surface area (Å²) >= 11 is 0. The van der Waals surface area contributed by atoms with Gasteiger partial charge in [-0.2, -0.15) is 0 Å². The van der Waals surface area contributed by atoms with Crippen molar-refractivity contribution in [3.05, 3.63) is 0 Å². The van der Waals surface area contributed by atoms with Crippen LogP contribution in [0, 0.1) is 11.3 Å². The summed E-state index contributed by atoms with van der Waals surface area (Å²) in [5.41, 5.74) is -0.386. The largest absolute Gasteiger partial charge is 0.376 e. The molecule has 4 nitrogen and oxygen atoms in total. The van der Waals surface area contributed by atoms with Gasteiger partial charge in [-0.15, -0.1) is 0 Å². The topological polar surface area (TPSA) is 50.4 Å². The summed E-state index contributed by atoms with van der Waals surface area (Å²) in [6, 6.07) is 0. The number of piperidine rings is 1. The fraction of sp³-hybridized carbons (Fsp3) is 0.933. The second kappa shape index (κ2) is 5.80. The number of amides is 1. The van der Waals surface area contributed by atoms with E-state index in [-0.39, 0.29) is 16.9 Å². The fourth-order valence-corrected chi connectivity index (χ4v) is 3.15. The van der Waals surface area contributed by atoms with Crippen LogP contribution in [0.2, 0.25) is 0 Å². The van der Waals surface area contributed by atoms with E-state index >= 15 is 0 Å². The predicted octanol–water partition coefficient (Wildman–Crippen LogP) is 1.70. The highest BCUT2D eigenvalue weighted by Crippen LogP contribution is 2.35. The van der Waals surface area contributed by atoms with Crippen LogP contribution in [-0.2, 0) is 9.53 Å². The molecular formula is C15H28N2O2. The van der Waals surface area contributed by atoms with Crippen LogP contribution < -0.4 is 10.6 Å².